The van der Waals surface area contributed by atoms with E-state index in [2.05, 4.69) is 36.2 Å². The number of pyridine rings is 1. The number of aromatic nitrogens is 1. The highest BCUT2D eigenvalue weighted by atomic mass is 127. The standard InChI is InChI=1S/C12H13N.HI/c1-2-4-10-6-7-11-5-3-8-13-12(11)9-10;/h3,5-9H,2,4H2,1H3;1H. The van der Waals surface area contributed by atoms with Crippen LogP contribution in [0.2, 0.25) is 0 Å². The minimum absolute atomic E-state index is 0. The number of fused-ring (bicyclic) bond motifs is 1. The van der Waals surface area contributed by atoms with E-state index in [1.54, 1.807) is 0 Å². The van der Waals surface area contributed by atoms with Crippen LogP contribution in [0.5, 0.6) is 0 Å². The van der Waals surface area contributed by atoms with E-state index in [-0.39, 0.29) is 24.0 Å². The molecule has 0 saturated carbocycles. The average Bonchev–Trinajstić information content (AvgIpc) is 2.18. The van der Waals surface area contributed by atoms with Crippen molar-refractivity contribution in [3.63, 3.8) is 0 Å². The predicted molar refractivity (Wildman–Crippen MR) is 71.2 cm³/mol. The molecule has 0 aliphatic rings. The normalized spacial score (nSPS) is 9.79. The highest BCUT2D eigenvalue weighted by Gasteiger charge is 1.95. The number of benzene rings is 1. The third kappa shape index (κ3) is 2.44. The molecule has 1 heterocycles. The topological polar surface area (TPSA) is 12.9 Å². The van der Waals surface area contributed by atoms with E-state index in [0.29, 0.717) is 0 Å². The van der Waals surface area contributed by atoms with Crippen LogP contribution < -0.4 is 0 Å². The summed E-state index contributed by atoms with van der Waals surface area (Å²) in [6.07, 6.45) is 4.18. The van der Waals surface area contributed by atoms with Crippen molar-refractivity contribution in [1.29, 1.82) is 0 Å². The first-order valence-electron chi connectivity index (χ1n) is 4.74. The summed E-state index contributed by atoms with van der Waals surface area (Å²) in [5, 5.41) is 1.22. The van der Waals surface area contributed by atoms with Crippen LogP contribution in [-0.4, -0.2) is 4.98 Å². The number of rotatable bonds is 2. The van der Waals surface area contributed by atoms with Crippen molar-refractivity contribution in [2.24, 2.45) is 0 Å². The van der Waals surface area contributed by atoms with Crippen LogP contribution >= 0.6 is 24.0 Å². The van der Waals surface area contributed by atoms with Gasteiger partial charge in [0.15, 0.2) is 0 Å². The van der Waals surface area contributed by atoms with Crippen LogP contribution in [0.15, 0.2) is 36.5 Å². The molecule has 0 N–H and O–H groups in total. The zero-order valence-electron chi connectivity index (χ0n) is 8.23. The highest BCUT2D eigenvalue weighted by Crippen LogP contribution is 2.13. The van der Waals surface area contributed by atoms with Crippen molar-refractivity contribution in [2.45, 2.75) is 19.8 Å². The second kappa shape index (κ2) is 5.29. The maximum absolute atomic E-state index is 4.32. The van der Waals surface area contributed by atoms with E-state index in [4.69, 9.17) is 0 Å². The van der Waals surface area contributed by atoms with Crippen LogP contribution in [0.1, 0.15) is 18.9 Å². The van der Waals surface area contributed by atoms with E-state index >= 15 is 0 Å². The monoisotopic (exact) mass is 299 g/mol. The van der Waals surface area contributed by atoms with Gasteiger partial charge in [-0.1, -0.05) is 31.5 Å². The third-order valence-corrected chi connectivity index (χ3v) is 2.21. The maximum Gasteiger partial charge on any atom is 0.0704 e. The summed E-state index contributed by atoms with van der Waals surface area (Å²) in [7, 11) is 0. The lowest BCUT2D eigenvalue weighted by Crippen LogP contribution is -1.84. The SMILES string of the molecule is CCCc1ccc2cccnc2c1.I. The average molecular weight is 299 g/mol. The lowest BCUT2D eigenvalue weighted by Gasteiger charge is -2.00. The van der Waals surface area contributed by atoms with E-state index in [0.717, 1.165) is 11.9 Å². The number of hydrogen-bond donors (Lipinski definition) is 0. The Morgan fingerprint density at radius 1 is 1.21 bits per heavy atom. The van der Waals surface area contributed by atoms with Crippen molar-refractivity contribution in [1.82, 2.24) is 4.98 Å². The second-order valence-electron chi connectivity index (χ2n) is 3.28. The minimum Gasteiger partial charge on any atom is -0.256 e. The van der Waals surface area contributed by atoms with Gasteiger partial charge in [-0.3, -0.25) is 4.98 Å². The molecule has 74 valence electrons. The molecule has 0 spiro atoms. The van der Waals surface area contributed by atoms with Gasteiger partial charge in [0.2, 0.25) is 0 Å². The van der Waals surface area contributed by atoms with E-state index < -0.39 is 0 Å². The van der Waals surface area contributed by atoms with Gasteiger partial charge in [0, 0.05) is 11.6 Å². The van der Waals surface area contributed by atoms with Crippen molar-refractivity contribution in [3.05, 3.63) is 42.1 Å². The quantitative estimate of drug-likeness (QED) is 0.769. The number of nitrogens with zero attached hydrogens (tertiary/aromatic N) is 1. The lowest BCUT2D eigenvalue weighted by molar-refractivity contribution is 0.923. The first-order valence-corrected chi connectivity index (χ1v) is 4.74. The van der Waals surface area contributed by atoms with Crippen LogP contribution in [0.4, 0.5) is 0 Å². The fourth-order valence-corrected chi connectivity index (χ4v) is 1.56. The Morgan fingerprint density at radius 2 is 2.07 bits per heavy atom. The van der Waals surface area contributed by atoms with Gasteiger partial charge in [-0.05, 0) is 24.1 Å². The van der Waals surface area contributed by atoms with E-state index in [1.165, 1.54) is 17.4 Å². The Hall–Kier alpha value is -0.640. The number of aryl methyl sites for hydroxylation is 1. The van der Waals surface area contributed by atoms with Gasteiger partial charge in [0.05, 0.1) is 5.52 Å². The van der Waals surface area contributed by atoms with E-state index in [1.807, 2.05) is 12.3 Å². The van der Waals surface area contributed by atoms with Gasteiger partial charge in [-0.2, -0.15) is 0 Å². The molecule has 1 aromatic carbocycles. The number of halogens is 1. The first-order chi connectivity index (χ1) is 6.40. The Kier molecular flexibility index (Phi) is 4.32. The van der Waals surface area contributed by atoms with Crippen LogP contribution in [0.3, 0.4) is 0 Å². The summed E-state index contributed by atoms with van der Waals surface area (Å²) in [6, 6.07) is 10.6. The van der Waals surface area contributed by atoms with Crippen LogP contribution in [0, 0.1) is 0 Å². The van der Waals surface area contributed by atoms with Crippen molar-refractivity contribution >= 4 is 34.9 Å². The van der Waals surface area contributed by atoms with Gasteiger partial charge in [-0.15, -0.1) is 24.0 Å². The smallest absolute Gasteiger partial charge is 0.0704 e. The summed E-state index contributed by atoms with van der Waals surface area (Å²) in [4.78, 5) is 4.32. The Balaban J connectivity index is 0.000000980. The molecule has 2 rings (SSSR count). The Bertz CT molecular complexity index is 412. The van der Waals surface area contributed by atoms with Gasteiger partial charge >= 0.3 is 0 Å². The Morgan fingerprint density at radius 3 is 2.86 bits per heavy atom. The van der Waals surface area contributed by atoms with Gasteiger partial charge < -0.3 is 0 Å². The molecule has 0 atom stereocenters. The summed E-state index contributed by atoms with van der Waals surface area (Å²) in [6.45, 7) is 2.20. The van der Waals surface area contributed by atoms with Crippen molar-refractivity contribution in [2.75, 3.05) is 0 Å². The molecule has 0 aliphatic heterocycles. The zero-order chi connectivity index (χ0) is 9.10. The zero-order valence-corrected chi connectivity index (χ0v) is 10.6. The molecule has 14 heavy (non-hydrogen) atoms. The predicted octanol–water partition coefficient (Wildman–Crippen LogP) is 3.81. The first kappa shape index (κ1) is 11.4. The largest absolute Gasteiger partial charge is 0.256 e. The molecule has 0 saturated heterocycles. The summed E-state index contributed by atoms with van der Waals surface area (Å²) in [5.74, 6) is 0. The summed E-state index contributed by atoms with van der Waals surface area (Å²) < 4.78 is 0. The highest BCUT2D eigenvalue weighted by molar-refractivity contribution is 14.0. The van der Waals surface area contributed by atoms with Crippen molar-refractivity contribution in [3.8, 4) is 0 Å². The molecule has 0 amide bonds. The minimum atomic E-state index is 0. The van der Waals surface area contributed by atoms with Crippen molar-refractivity contribution < 1.29 is 0 Å². The van der Waals surface area contributed by atoms with E-state index in [9.17, 15) is 0 Å². The fraction of sp³-hybridized carbons (Fsp3) is 0.250. The second-order valence-corrected chi connectivity index (χ2v) is 3.28. The molecule has 1 nitrogen and oxygen atoms in total. The molecule has 2 aromatic rings. The summed E-state index contributed by atoms with van der Waals surface area (Å²) >= 11 is 0. The molecule has 1 aromatic heterocycles. The molecular weight excluding hydrogens is 285 g/mol. The fourth-order valence-electron chi connectivity index (χ4n) is 1.56. The third-order valence-electron chi connectivity index (χ3n) is 2.21. The summed E-state index contributed by atoms with van der Waals surface area (Å²) in [5.41, 5.74) is 2.49. The molecule has 0 fully saturated rings. The molecule has 0 unspecified atom stereocenters. The Labute approximate surface area is 102 Å². The van der Waals surface area contributed by atoms with Crippen LogP contribution in [-0.2, 0) is 6.42 Å². The molecular formula is C12H14IN. The number of hydrogen-bond acceptors (Lipinski definition) is 1. The van der Waals surface area contributed by atoms with Crippen LogP contribution in [0.25, 0.3) is 10.9 Å². The van der Waals surface area contributed by atoms with Gasteiger partial charge in [-0.25, -0.2) is 0 Å². The molecule has 0 radical (unpaired) electrons. The lowest BCUT2D eigenvalue weighted by atomic mass is 10.1. The molecule has 0 aliphatic carbocycles. The molecule has 2 heteroatoms. The van der Waals surface area contributed by atoms with Gasteiger partial charge in [0.25, 0.3) is 0 Å². The molecule has 0 bridgehead atoms. The van der Waals surface area contributed by atoms with Gasteiger partial charge in [0.1, 0.15) is 0 Å². The maximum atomic E-state index is 4.32.